The first-order valence-electron chi connectivity index (χ1n) is 7.75. The van der Waals surface area contributed by atoms with Gasteiger partial charge < -0.3 is 15.1 Å². The number of rotatable bonds is 5. The van der Waals surface area contributed by atoms with Crippen LogP contribution in [0.1, 0.15) is 26.5 Å². The number of nitrogens with one attached hydrogen (secondary N) is 2. The Kier molecular flexibility index (Phi) is 5.37. The third-order valence-corrected chi connectivity index (χ3v) is 4.48. The molecule has 0 aliphatic carbocycles. The van der Waals surface area contributed by atoms with Crippen molar-refractivity contribution < 1.29 is 32.1 Å². The van der Waals surface area contributed by atoms with E-state index in [0.29, 0.717) is 17.4 Å². The van der Waals surface area contributed by atoms with Gasteiger partial charge in [0.05, 0.1) is 28.0 Å². The Morgan fingerprint density at radius 2 is 1.86 bits per heavy atom. The Labute approximate surface area is 164 Å². The van der Waals surface area contributed by atoms with E-state index in [-0.39, 0.29) is 22.0 Å². The molecule has 1 aromatic carbocycles. The third-order valence-electron chi connectivity index (χ3n) is 3.60. The molecule has 0 bridgehead atoms. The minimum Gasteiger partial charge on any atom is -0.459 e. The van der Waals surface area contributed by atoms with Gasteiger partial charge in [-0.05, 0) is 30.3 Å². The van der Waals surface area contributed by atoms with Gasteiger partial charge in [0, 0.05) is 17.1 Å². The zero-order chi connectivity index (χ0) is 21.2. The molecule has 150 valence electrons. The molecule has 2 heterocycles. The molecule has 3 rings (SSSR count). The van der Waals surface area contributed by atoms with Gasteiger partial charge in [-0.25, -0.2) is 0 Å². The zero-order valence-electron chi connectivity index (χ0n) is 14.1. The molecule has 0 unspecified atom stereocenters. The van der Waals surface area contributed by atoms with E-state index < -0.39 is 34.2 Å². The molecular formula is C17H10F3N3O5S. The van der Waals surface area contributed by atoms with Gasteiger partial charge in [-0.1, -0.05) is 11.3 Å². The molecule has 0 saturated carbocycles. The molecule has 0 spiro atoms. The molecule has 0 saturated heterocycles. The van der Waals surface area contributed by atoms with E-state index in [1.807, 2.05) is 0 Å². The first kappa shape index (κ1) is 20.1. The maximum absolute atomic E-state index is 13.4. The van der Waals surface area contributed by atoms with Gasteiger partial charge in [0.1, 0.15) is 0 Å². The van der Waals surface area contributed by atoms with Crippen molar-refractivity contribution in [1.82, 2.24) is 0 Å². The van der Waals surface area contributed by atoms with Gasteiger partial charge in [0.25, 0.3) is 11.8 Å². The standard InChI is InChI=1S/C17H10F3N3O5S/c18-17(19,20)11-7-10(21-16(25)13-2-1-5-28-13)3-4-12(11)22-15(24)9-6-14(23(26)27)29-8-9/h1-8H,(H,21,25)(H,22,24). The van der Waals surface area contributed by atoms with Crippen molar-refractivity contribution in [2.24, 2.45) is 0 Å². The summed E-state index contributed by atoms with van der Waals surface area (Å²) in [7, 11) is 0. The average Bonchev–Trinajstić information content (AvgIpc) is 3.34. The number of alkyl halides is 3. The van der Waals surface area contributed by atoms with Crippen molar-refractivity contribution in [3.63, 3.8) is 0 Å². The van der Waals surface area contributed by atoms with Crippen molar-refractivity contribution in [3.05, 3.63) is 75.0 Å². The molecule has 0 atom stereocenters. The lowest BCUT2D eigenvalue weighted by molar-refractivity contribution is -0.380. The normalized spacial score (nSPS) is 11.1. The smallest absolute Gasteiger partial charge is 0.418 e. The lowest BCUT2D eigenvalue weighted by atomic mass is 10.1. The van der Waals surface area contributed by atoms with Crippen LogP contribution in [0.25, 0.3) is 0 Å². The van der Waals surface area contributed by atoms with Gasteiger partial charge in [-0.3, -0.25) is 19.7 Å². The summed E-state index contributed by atoms with van der Waals surface area (Å²) in [6.45, 7) is 0. The van der Waals surface area contributed by atoms with Crippen molar-refractivity contribution in [3.8, 4) is 0 Å². The molecule has 0 aliphatic heterocycles. The second kappa shape index (κ2) is 7.75. The Balaban J connectivity index is 1.85. The van der Waals surface area contributed by atoms with Crippen LogP contribution >= 0.6 is 11.3 Å². The number of nitrogens with zero attached hydrogens (tertiary/aromatic N) is 1. The summed E-state index contributed by atoms with van der Waals surface area (Å²) >= 11 is 0.676. The van der Waals surface area contributed by atoms with Gasteiger partial charge in [-0.2, -0.15) is 13.2 Å². The van der Waals surface area contributed by atoms with Crippen molar-refractivity contribution >= 4 is 39.5 Å². The van der Waals surface area contributed by atoms with Crippen LogP contribution < -0.4 is 10.6 Å². The highest BCUT2D eigenvalue weighted by atomic mass is 32.1. The summed E-state index contributed by atoms with van der Waals surface area (Å²) in [5.41, 5.74) is -2.08. The van der Waals surface area contributed by atoms with Crippen LogP contribution in [0.15, 0.2) is 52.5 Å². The van der Waals surface area contributed by atoms with Crippen LogP contribution in [0.4, 0.5) is 29.5 Å². The molecular weight excluding hydrogens is 415 g/mol. The molecule has 8 nitrogen and oxygen atoms in total. The number of carbonyl (C=O) groups excluding carboxylic acids is 2. The Bertz CT molecular complexity index is 1080. The minimum absolute atomic E-state index is 0.0880. The van der Waals surface area contributed by atoms with Crippen molar-refractivity contribution in [2.45, 2.75) is 6.18 Å². The third kappa shape index (κ3) is 4.60. The van der Waals surface area contributed by atoms with Gasteiger partial charge in [-0.15, -0.1) is 0 Å². The van der Waals surface area contributed by atoms with Gasteiger partial charge in [0.15, 0.2) is 5.76 Å². The number of benzene rings is 1. The number of halogens is 3. The second-order valence-corrected chi connectivity index (χ2v) is 6.46. The Morgan fingerprint density at radius 1 is 1.10 bits per heavy atom. The maximum atomic E-state index is 13.4. The highest BCUT2D eigenvalue weighted by Crippen LogP contribution is 2.37. The van der Waals surface area contributed by atoms with E-state index in [4.69, 9.17) is 4.42 Å². The number of nitro groups is 1. The summed E-state index contributed by atoms with van der Waals surface area (Å²) < 4.78 is 45.2. The van der Waals surface area contributed by atoms with Gasteiger partial charge >= 0.3 is 11.2 Å². The fraction of sp³-hybridized carbons (Fsp3) is 0.0588. The summed E-state index contributed by atoms with van der Waals surface area (Å²) in [6, 6.07) is 6.55. The van der Waals surface area contributed by atoms with E-state index in [0.717, 1.165) is 12.1 Å². The number of hydrogen-bond acceptors (Lipinski definition) is 6. The number of anilines is 2. The van der Waals surface area contributed by atoms with Crippen LogP contribution in [0, 0.1) is 10.1 Å². The fourth-order valence-electron chi connectivity index (χ4n) is 2.30. The first-order valence-corrected chi connectivity index (χ1v) is 8.63. The van der Waals surface area contributed by atoms with Crippen LogP contribution in [0.3, 0.4) is 0 Å². The maximum Gasteiger partial charge on any atom is 0.418 e. The van der Waals surface area contributed by atoms with Crippen LogP contribution in [-0.2, 0) is 6.18 Å². The second-order valence-electron chi connectivity index (χ2n) is 5.57. The van der Waals surface area contributed by atoms with E-state index in [2.05, 4.69) is 10.6 Å². The van der Waals surface area contributed by atoms with Crippen LogP contribution in [-0.4, -0.2) is 16.7 Å². The molecule has 2 N–H and O–H groups in total. The highest BCUT2D eigenvalue weighted by molar-refractivity contribution is 7.13. The number of carbonyl (C=O) groups is 2. The Morgan fingerprint density at radius 3 is 2.45 bits per heavy atom. The molecule has 0 fully saturated rings. The molecule has 0 aliphatic rings. The molecule has 2 aromatic heterocycles. The minimum atomic E-state index is -4.84. The Hall–Kier alpha value is -3.67. The van der Waals surface area contributed by atoms with Gasteiger partial charge in [0.2, 0.25) is 0 Å². The van der Waals surface area contributed by atoms with E-state index >= 15 is 0 Å². The quantitative estimate of drug-likeness (QED) is 0.451. The van der Waals surface area contributed by atoms with E-state index in [1.165, 1.54) is 29.8 Å². The predicted molar refractivity (Wildman–Crippen MR) is 97.0 cm³/mol. The summed E-state index contributed by atoms with van der Waals surface area (Å²) in [5, 5.41) is 15.9. The predicted octanol–water partition coefficient (Wildman–Crippen LogP) is 4.77. The lowest BCUT2D eigenvalue weighted by Crippen LogP contribution is -2.17. The fourth-order valence-corrected chi connectivity index (χ4v) is 3.00. The van der Waals surface area contributed by atoms with Crippen molar-refractivity contribution in [1.29, 1.82) is 0 Å². The first-order chi connectivity index (χ1) is 13.6. The number of thiophene rings is 1. The SMILES string of the molecule is O=C(Nc1ccc(NC(=O)c2ccco2)cc1C(F)(F)F)c1csc([N+](=O)[O-])c1. The number of hydrogen-bond donors (Lipinski definition) is 2. The lowest BCUT2D eigenvalue weighted by Gasteiger charge is -2.15. The monoisotopic (exact) mass is 425 g/mol. The molecule has 29 heavy (non-hydrogen) atoms. The number of amides is 2. The van der Waals surface area contributed by atoms with E-state index in [1.54, 1.807) is 0 Å². The average molecular weight is 425 g/mol. The topological polar surface area (TPSA) is 114 Å². The summed E-state index contributed by atoms with van der Waals surface area (Å²) in [4.78, 5) is 34.1. The highest BCUT2D eigenvalue weighted by Gasteiger charge is 2.34. The number of furan rings is 1. The largest absolute Gasteiger partial charge is 0.459 e. The zero-order valence-corrected chi connectivity index (χ0v) is 15.0. The van der Waals surface area contributed by atoms with E-state index in [9.17, 15) is 32.9 Å². The molecule has 3 aromatic rings. The van der Waals surface area contributed by atoms with Crippen LogP contribution in [0.5, 0.6) is 0 Å². The molecule has 2 amide bonds. The molecule has 12 heteroatoms. The molecule has 0 radical (unpaired) electrons. The summed E-state index contributed by atoms with van der Waals surface area (Å²) in [6.07, 6.45) is -3.60. The van der Waals surface area contributed by atoms with Crippen LogP contribution in [0.2, 0.25) is 0 Å². The van der Waals surface area contributed by atoms with Crippen molar-refractivity contribution in [2.75, 3.05) is 10.6 Å². The summed E-state index contributed by atoms with van der Waals surface area (Å²) in [5.74, 6) is -1.77.